The van der Waals surface area contributed by atoms with E-state index in [1.54, 1.807) is 6.20 Å². The van der Waals surface area contributed by atoms with Gasteiger partial charge in [-0.15, -0.1) is 0 Å². The molecular formula is C17H23N3. The van der Waals surface area contributed by atoms with Crippen molar-refractivity contribution < 1.29 is 0 Å². The van der Waals surface area contributed by atoms with E-state index in [0.717, 1.165) is 11.6 Å². The third-order valence-electron chi connectivity index (χ3n) is 4.43. The quantitative estimate of drug-likeness (QED) is 0.899. The van der Waals surface area contributed by atoms with E-state index in [2.05, 4.69) is 41.6 Å². The Balaban J connectivity index is 1.59. The minimum Gasteiger partial charge on any atom is -0.382 e. The Morgan fingerprint density at radius 3 is 2.50 bits per heavy atom. The number of nitrogens with one attached hydrogen (secondary N) is 1. The first-order valence-corrected chi connectivity index (χ1v) is 7.72. The van der Waals surface area contributed by atoms with Crippen LogP contribution in [0.3, 0.4) is 0 Å². The van der Waals surface area contributed by atoms with Crippen LogP contribution in [0.2, 0.25) is 0 Å². The fraction of sp³-hybridized carbons (Fsp3) is 0.471. The molecule has 20 heavy (non-hydrogen) atoms. The first kappa shape index (κ1) is 13.2. The summed E-state index contributed by atoms with van der Waals surface area (Å²) in [6.45, 7) is 2.31. The van der Waals surface area contributed by atoms with Crippen molar-refractivity contribution in [2.24, 2.45) is 5.92 Å². The van der Waals surface area contributed by atoms with E-state index in [9.17, 15) is 0 Å². The van der Waals surface area contributed by atoms with Crippen LogP contribution < -0.4 is 5.32 Å². The Hall–Kier alpha value is -1.77. The summed E-state index contributed by atoms with van der Waals surface area (Å²) in [5, 5.41) is 7.91. The molecule has 0 atom stereocenters. The van der Waals surface area contributed by atoms with Crippen LogP contribution in [0.4, 0.5) is 5.69 Å². The second-order valence-corrected chi connectivity index (χ2v) is 5.77. The van der Waals surface area contributed by atoms with Gasteiger partial charge in [-0.05, 0) is 61.9 Å². The number of benzene rings is 1. The molecular weight excluding hydrogens is 246 g/mol. The van der Waals surface area contributed by atoms with Gasteiger partial charge in [-0.25, -0.2) is 4.68 Å². The number of nitrogens with zero attached hydrogens (tertiary/aromatic N) is 2. The first-order chi connectivity index (χ1) is 9.85. The van der Waals surface area contributed by atoms with Gasteiger partial charge in [0.05, 0.1) is 5.69 Å². The number of anilines is 1. The summed E-state index contributed by atoms with van der Waals surface area (Å²) in [5.41, 5.74) is 2.33. The van der Waals surface area contributed by atoms with Crippen LogP contribution in [0.5, 0.6) is 0 Å². The van der Waals surface area contributed by atoms with Crippen molar-refractivity contribution in [3.05, 3.63) is 42.7 Å². The van der Waals surface area contributed by atoms with Crippen molar-refractivity contribution in [1.29, 1.82) is 0 Å². The van der Waals surface area contributed by atoms with Gasteiger partial charge in [-0.3, -0.25) is 0 Å². The monoisotopic (exact) mass is 269 g/mol. The SMILES string of the molecule is CCC1CCC(Nc2ccc(-n3cccn3)cc2)CC1. The van der Waals surface area contributed by atoms with Crippen molar-refractivity contribution in [2.75, 3.05) is 5.32 Å². The van der Waals surface area contributed by atoms with Crippen LogP contribution in [0.25, 0.3) is 5.69 Å². The number of rotatable bonds is 4. The topological polar surface area (TPSA) is 29.9 Å². The van der Waals surface area contributed by atoms with Gasteiger partial charge >= 0.3 is 0 Å². The molecule has 0 spiro atoms. The summed E-state index contributed by atoms with van der Waals surface area (Å²) in [5.74, 6) is 0.954. The fourth-order valence-corrected chi connectivity index (χ4v) is 3.08. The molecule has 3 heteroatoms. The van der Waals surface area contributed by atoms with Crippen LogP contribution in [-0.4, -0.2) is 15.8 Å². The molecule has 1 N–H and O–H groups in total. The predicted molar refractivity (Wildman–Crippen MR) is 83.2 cm³/mol. The van der Waals surface area contributed by atoms with E-state index in [1.165, 1.54) is 37.8 Å². The molecule has 2 aromatic rings. The summed E-state index contributed by atoms with van der Waals surface area (Å²) in [7, 11) is 0. The minimum atomic E-state index is 0.647. The van der Waals surface area contributed by atoms with Crippen molar-refractivity contribution in [3.63, 3.8) is 0 Å². The van der Waals surface area contributed by atoms with E-state index >= 15 is 0 Å². The standard InChI is InChI=1S/C17H23N3/c1-2-14-4-6-15(7-5-14)19-16-8-10-17(11-9-16)20-13-3-12-18-20/h3,8-15,19H,2,4-7H2,1H3. The zero-order valence-corrected chi connectivity index (χ0v) is 12.1. The second-order valence-electron chi connectivity index (χ2n) is 5.77. The third-order valence-corrected chi connectivity index (χ3v) is 4.43. The lowest BCUT2D eigenvalue weighted by atomic mass is 9.84. The van der Waals surface area contributed by atoms with E-state index in [1.807, 2.05) is 16.9 Å². The van der Waals surface area contributed by atoms with Gasteiger partial charge in [0.1, 0.15) is 0 Å². The van der Waals surface area contributed by atoms with Gasteiger partial charge in [-0.1, -0.05) is 13.3 Å². The maximum atomic E-state index is 4.25. The van der Waals surface area contributed by atoms with Crippen LogP contribution in [0, 0.1) is 5.92 Å². The van der Waals surface area contributed by atoms with Crippen LogP contribution in [-0.2, 0) is 0 Å². The normalized spacial score (nSPS) is 22.6. The first-order valence-electron chi connectivity index (χ1n) is 7.72. The van der Waals surface area contributed by atoms with Gasteiger partial charge in [-0.2, -0.15) is 5.10 Å². The Bertz CT molecular complexity index is 508. The van der Waals surface area contributed by atoms with Crippen molar-refractivity contribution in [3.8, 4) is 5.69 Å². The molecule has 0 bridgehead atoms. The summed E-state index contributed by atoms with van der Waals surface area (Å²) < 4.78 is 1.89. The average Bonchev–Trinajstić information content (AvgIpc) is 3.03. The van der Waals surface area contributed by atoms with E-state index in [4.69, 9.17) is 0 Å². The Labute approximate surface area is 121 Å². The van der Waals surface area contributed by atoms with Crippen LogP contribution in [0.15, 0.2) is 42.7 Å². The summed E-state index contributed by atoms with van der Waals surface area (Å²) in [6, 6.07) is 11.1. The Morgan fingerprint density at radius 1 is 1.15 bits per heavy atom. The number of hydrogen-bond acceptors (Lipinski definition) is 2. The van der Waals surface area contributed by atoms with Gasteiger partial charge in [0.25, 0.3) is 0 Å². The molecule has 0 saturated heterocycles. The molecule has 3 nitrogen and oxygen atoms in total. The highest BCUT2D eigenvalue weighted by molar-refractivity contribution is 5.49. The molecule has 1 saturated carbocycles. The molecule has 0 amide bonds. The third kappa shape index (κ3) is 3.03. The molecule has 1 aliphatic carbocycles. The van der Waals surface area contributed by atoms with Crippen LogP contribution >= 0.6 is 0 Å². The molecule has 3 rings (SSSR count). The maximum Gasteiger partial charge on any atom is 0.0647 e. The van der Waals surface area contributed by atoms with Crippen LogP contribution in [0.1, 0.15) is 39.0 Å². The smallest absolute Gasteiger partial charge is 0.0647 e. The number of aromatic nitrogens is 2. The van der Waals surface area contributed by atoms with Crippen molar-refractivity contribution in [2.45, 2.75) is 45.1 Å². The zero-order valence-electron chi connectivity index (χ0n) is 12.1. The van der Waals surface area contributed by atoms with Crippen molar-refractivity contribution in [1.82, 2.24) is 9.78 Å². The van der Waals surface area contributed by atoms with Gasteiger partial charge in [0, 0.05) is 24.1 Å². The molecule has 0 unspecified atom stereocenters. The molecule has 1 heterocycles. The lowest BCUT2D eigenvalue weighted by molar-refractivity contribution is 0.330. The summed E-state index contributed by atoms with van der Waals surface area (Å²) >= 11 is 0. The number of hydrogen-bond donors (Lipinski definition) is 1. The highest BCUT2D eigenvalue weighted by Crippen LogP contribution is 2.28. The molecule has 1 aromatic carbocycles. The zero-order chi connectivity index (χ0) is 13.8. The molecule has 1 aromatic heterocycles. The Kier molecular flexibility index (Phi) is 4.05. The lowest BCUT2D eigenvalue weighted by Crippen LogP contribution is -2.25. The molecule has 1 fully saturated rings. The highest BCUT2D eigenvalue weighted by atomic mass is 15.3. The van der Waals surface area contributed by atoms with Gasteiger partial charge in [0.15, 0.2) is 0 Å². The van der Waals surface area contributed by atoms with Gasteiger partial charge < -0.3 is 5.32 Å². The predicted octanol–water partition coefficient (Wildman–Crippen LogP) is 4.25. The highest BCUT2D eigenvalue weighted by Gasteiger charge is 2.19. The average molecular weight is 269 g/mol. The summed E-state index contributed by atoms with van der Waals surface area (Å²) in [4.78, 5) is 0. The van der Waals surface area contributed by atoms with E-state index < -0.39 is 0 Å². The fourth-order valence-electron chi connectivity index (χ4n) is 3.08. The van der Waals surface area contributed by atoms with E-state index in [-0.39, 0.29) is 0 Å². The van der Waals surface area contributed by atoms with E-state index in [0.29, 0.717) is 6.04 Å². The van der Waals surface area contributed by atoms with Gasteiger partial charge in [0.2, 0.25) is 0 Å². The maximum absolute atomic E-state index is 4.25. The molecule has 0 radical (unpaired) electrons. The largest absolute Gasteiger partial charge is 0.382 e. The molecule has 106 valence electrons. The second kappa shape index (κ2) is 6.12. The lowest BCUT2D eigenvalue weighted by Gasteiger charge is -2.29. The Morgan fingerprint density at radius 2 is 1.90 bits per heavy atom. The minimum absolute atomic E-state index is 0.647. The molecule has 0 aliphatic heterocycles. The van der Waals surface area contributed by atoms with Crippen molar-refractivity contribution >= 4 is 5.69 Å². The molecule has 1 aliphatic rings. The summed E-state index contributed by atoms with van der Waals surface area (Å²) in [6.07, 6.45) is 10.5.